The van der Waals surface area contributed by atoms with Crippen LogP contribution in [0.2, 0.25) is 0 Å². The summed E-state index contributed by atoms with van der Waals surface area (Å²) in [6.45, 7) is 6.27. The van der Waals surface area contributed by atoms with Gasteiger partial charge in [-0.15, -0.1) is 0 Å². The molecule has 0 radical (unpaired) electrons. The lowest BCUT2D eigenvalue weighted by Crippen LogP contribution is -2.46. The molecule has 106 valence electrons. The zero-order chi connectivity index (χ0) is 13.0. The quantitative estimate of drug-likeness (QED) is 0.781. The van der Waals surface area contributed by atoms with Gasteiger partial charge in [-0.3, -0.25) is 0 Å². The molecular weight excluding hydrogens is 220 g/mol. The standard InChI is InChI=1S/C16H32N2/c1-14-6-5-9-16(10-14,12-17-2)13-18(3)11-15-7-4-8-15/h14-15,17H,4-13H2,1-3H3. The second kappa shape index (κ2) is 6.38. The predicted octanol–water partition coefficient (Wildman–Crippen LogP) is 3.13. The maximum absolute atomic E-state index is 3.46. The van der Waals surface area contributed by atoms with E-state index in [0.717, 1.165) is 11.8 Å². The predicted molar refractivity (Wildman–Crippen MR) is 78.8 cm³/mol. The third-order valence-corrected chi connectivity index (χ3v) is 5.14. The van der Waals surface area contributed by atoms with E-state index in [1.807, 2.05) is 0 Å². The molecule has 1 N–H and O–H groups in total. The van der Waals surface area contributed by atoms with Crippen molar-refractivity contribution < 1.29 is 0 Å². The zero-order valence-corrected chi connectivity index (χ0v) is 12.7. The van der Waals surface area contributed by atoms with Crippen LogP contribution in [0.4, 0.5) is 0 Å². The fourth-order valence-electron chi connectivity index (χ4n) is 4.26. The first kappa shape index (κ1) is 14.3. The van der Waals surface area contributed by atoms with Gasteiger partial charge in [-0.25, -0.2) is 0 Å². The van der Waals surface area contributed by atoms with Crippen molar-refractivity contribution in [1.29, 1.82) is 0 Å². The van der Waals surface area contributed by atoms with Crippen molar-refractivity contribution in [1.82, 2.24) is 10.2 Å². The Bertz CT molecular complexity index is 245. The minimum atomic E-state index is 0.547. The summed E-state index contributed by atoms with van der Waals surface area (Å²) in [4.78, 5) is 2.62. The normalized spacial score (nSPS) is 33.7. The van der Waals surface area contributed by atoms with E-state index < -0.39 is 0 Å². The lowest BCUT2D eigenvalue weighted by molar-refractivity contribution is 0.0784. The SMILES string of the molecule is CNCC1(CN(C)CC2CCC2)CCCC(C)C1. The van der Waals surface area contributed by atoms with Gasteiger partial charge in [0.15, 0.2) is 0 Å². The van der Waals surface area contributed by atoms with Crippen LogP contribution in [-0.4, -0.2) is 38.6 Å². The molecule has 0 bridgehead atoms. The Kier molecular flexibility index (Phi) is 5.08. The summed E-state index contributed by atoms with van der Waals surface area (Å²) in [7, 11) is 4.46. The van der Waals surface area contributed by atoms with E-state index in [0.29, 0.717) is 5.41 Å². The third kappa shape index (κ3) is 3.71. The molecule has 0 aromatic rings. The van der Waals surface area contributed by atoms with Gasteiger partial charge in [0.1, 0.15) is 0 Å². The van der Waals surface area contributed by atoms with Gasteiger partial charge in [-0.2, -0.15) is 0 Å². The van der Waals surface area contributed by atoms with Crippen LogP contribution >= 0.6 is 0 Å². The van der Waals surface area contributed by atoms with E-state index in [-0.39, 0.29) is 0 Å². The molecule has 2 fully saturated rings. The van der Waals surface area contributed by atoms with Crippen molar-refractivity contribution in [3.05, 3.63) is 0 Å². The van der Waals surface area contributed by atoms with Crippen LogP contribution in [0, 0.1) is 17.3 Å². The highest BCUT2D eigenvalue weighted by atomic mass is 15.1. The third-order valence-electron chi connectivity index (χ3n) is 5.14. The van der Waals surface area contributed by atoms with E-state index in [4.69, 9.17) is 0 Å². The van der Waals surface area contributed by atoms with Crippen LogP contribution in [0.1, 0.15) is 51.9 Å². The topological polar surface area (TPSA) is 15.3 Å². The molecule has 2 saturated carbocycles. The van der Waals surface area contributed by atoms with Crippen LogP contribution in [0.15, 0.2) is 0 Å². The molecule has 0 aromatic heterocycles. The average Bonchev–Trinajstić information content (AvgIpc) is 2.23. The van der Waals surface area contributed by atoms with Gasteiger partial charge < -0.3 is 10.2 Å². The number of hydrogen-bond donors (Lipinski definition) is 1. The van der Waals surface area contributed by atoms with E-state index >= 15 is 0 Å². The first-order valence-corrected chi connectivity index (χ1v) is 7.97. The Hall–Kier alpha value is -0.0800. The summed E-state index contributed by atoms with van der Waals surface area (Å²) in [5.74, 6) is 1.92. The van der Waals surface area contributed by atoms with Crippen molar-refractivity contribution >= 4 is 0 Å². The van der Waals surface area contributed by atoms with Crippen LogP contribution in [-0.2, 0) is 0 Å². The molecule has 0 saturated heterocycles. The fourth-order valence-corrected chi connectivity index (χ4v) is 4.26. The van der Waals surface area contributed by atoms with Crippen molar-refractivity contribution in [2.75, 3.05) is 33.7 Å². The minimum absolute atomic E-state index is 0.547. The van der Waals surface area contributed by atoms with Gasteiger partial charge >= 0.3 is 0 Å². The minimum Gasteiger partial charge on any atom is -0.319 e. The zero-order valence-electron chi connectivity index (χ0n) is 12.7. The molecule has 0 amide bonds. The first-order valence-electron chi connectivity index (χ1n) is 7.97. The lowest BCUT2D eigenvalue weighted by Gasteiger charge is -2.43. The Morgan fingerprint density at radius 3 is 2.56 bits per heavy atom. The van der Waals surface area contributed by atoms with E-state index in [9.17, 15) is 0 Å². The number of hydrogen-bond acceptors (Lipinski definition) is 2. The second-order valence-electron chi connectivity index (χ2n) is 7.23. The Labute approximate surface area is 114 Å². The Balaban J connectivity index is 1.87. The molecular formula is C16H32N2. The summed E-state index contributed by atoms with van der Waals surface area (Å²) >= 11 is 0. The summed E-state index contributed by atoms with van der Waals surface area (Å²) in [5.41, 5.74) is 0.547. The van der Waals surface area contributed by atoms with Crippen molar-refractivity contribution in [2.45, 2.75) is 51.9 Å². The number of nitrogens with zero attached hydrogens (tertiary/aromatic N) is 1. The van der Waals surface area contributed by atoms with Crippen molar-refractivity contribution in [3.63, 3.8) is 0 Å². The second-order valence-corrected chi connectivity index (χ2v) is 7.23. The maximum Gasteiger partial charge on any atom is 0.00473 e. The molecule has 0 spiro atoms. The highest BCUT2D eigenvalue weighted by Crippen LogP contribution is 2.40. The van der Waals surface area contributed by atoms with Gasteiger partial charge in [0.2, 0.25) is 0 Å². The molecule has 2 aliphatic carbocycles. The molecule has 0 aliphatic heterocycles. The summed E-state index contributed by atoms with van der Waals surface area (Å²) < 4.78 is 0. The van der Waals surface area contributed by atoms with Crippen molar-refractivity contribution in [2.24, 2.45) is 17.3 Å². The Morgan fingerprint density at radius 2 is 2.00 bits per heavy atom. The largest absolute Gasteiger partial charge is 0.319 e. The van der Waals surface area contributed by atoms with E-state index in [2.05, 4.69) is 31.2 Å². The van der Waals surface area contributed by atoms with Crippen molar-refractivity contribution in [3.8, 4) is 0 Å². The highest BCUT2D eigenvalue weighted by Gasteiger charge is 2.35. The van der Waals surface area contributed by atoms with Crippen LogP contribution in [0.3, 0.4) is 0 Å². The molecule has 0 aromatic carbocycles. The average molecular weight is 252 g/mol. The summed E-state index contributed by atoms with van der Waals surface area (Å²) in [6, 6.07) is 0. The molecule has 2 heteroatoms. The van der Waals surface area contributed by atoms with Crippen LogP contribution in [0.25, 0.3) is 0 Å². The van der Waals surface area contributed by atoms with Crippen LogP contribution in [0.5, 0.6) is 0 Å². The molecule has 2 nitrogen and oxygen atoms in total. The monoisotopic (exact) mass is 252 g/mol. The summed E-state index contributed by atoms with van der Waals surface area (Å²) in [5, 5.41) is 3.46. The fraction of sp³-hybridized carbons (Fsp3) is 1.00. The number of nitrogens with one attached hydrogen (secondary N) is 1. The maximum atomic E-state index is 3.46. The van der Waals surface area contributed by atoms with Gasteiger partial charge in [0, 0.05) is 19.6 Å². The molecule has 18 heavy (non-hydrogen) atoms. The molecule has 0 heterocycles. The van der Waals surface area contributed by atoms with Gasteiger partial charge in [0.25, 0.3) is 0 Å². The van der Waals surface area contributed by atoms with Gasteiger partial charge in [0.05, 0.1) is 0 Å². The number of rotatable bonds is 6. The molecule has 2 atom stereocenters. The first-order chi connectivity index (χ1) is 8.63. The highest BCUT2D eigenvalue weighted by molar-refractivity contribution is 4.89. The van der Waals surface area contributed by atoms with Gasteiger partial charge in [-0.1, -0.05) is 26.2 Å². The van der Waals surface area contributed by atoms with Crippen LogP contribution < -0.4 is 5.32 Å². The smallest absolute Gasteiger partial charge is 0.00473 e. The molecule has 2 rings (SSSR count). The van der Waals surface area contributed by atoms with E-state index in [1.54, 1.807) is 0 Å². The van der Waals surface area contributed by atoms with Gasteiger partial charge in [-0.05, 0) is 57.0 Å². The molecule has 2 aliphatic rings. The molecule has 2 unspecified atom stereocenters. The Morgan fingerprint density at radius 1 is 1.22 bits per heavy atom. The lowest BCUT2D eigenvalue weighted by atomic mass is 9.69. The summed E-state index contributed by atoms with van der Waals surface area (Å²) in [6.07, 6.45) is 10.1. The van der Waals surface area contributed by atoms with E-state index in [1.165, 1.54) is 64.6 Å².